The van der Waals surface area contributed by atoms with Crippen molar-refractivity contribution in [1.29, 1.82) is 0 Å². The lowest BCUT2D eigenvalue weighted by atomic mass is 9.89. The largest absolute Gasteiger partial charge is 0.350 e. The highest BCUT2D eigenvalue weighted by atomic mass is 16.2. The second-order valence-electron chi connectivity index (χ2n) is 5.65. The second kappa shape index (κ2) is 5.36. The van der Waals surface area contributed by atoms with Crippen LogP contribution in [0.25, 0.3) is 0 Å². The summed E-state index contributed by atoms with van der Waals surface area (Å²) in [6.07, 6.45) is 7.45. The number of amides is 1. The van der Waals surface area contributed by atoms with Gasteiger partial charge in [0, 0.05) is 18.1 Å². The van der Waals surface area contributed by atoms with Crippen molar-refractivity contribution in [2.24, 2.45) is 5.73 Å². The molecule has 0 saturated heterocycles. The zero-order valence-corrected chi connectivity index (χ0v) is 11.0. The molecule has 2 rings (SSSR count). The highest BCUT2D eigenvalue weighted by molar-refractivity contribution is 5.81. The molecule has 2 aliphatic carbocycles. The molecule has 0 aromatic carbocycles. The maximum atomic E-state index is 11.7. The summed E-state index contributed by atoms with van der Waals surface area (Å²) in [4.78, 5) is 14.2. The molecule has 3 atom stereocenters. The van der Waals surface area contributed by atoms with E-state index in [9.17, 15) is 4.79 Å². The van der Waals surface area contributed by atoms with Gasteiger partial charge in [0.2, 0.25) is 5.91 Å². The number of nitrogens with one attached hydrogen (secondary N) is 1. The van der Waals surface area contributed by atoms with E-state index in [2.05, 4.69) is 17.3 Å². The number of nitrogens with zero attached hydrogens (tertiary/aromatic N) is 1. The fourth-order valence-electron chi connectivity index (χ4n) is 2.83. The lowest BCUT2D eigenvalue weighted by Crippen LogP contribution is -2.55. The molecule has 1 amide bonds. The van der Waals surface area contributed by atoms with Gasteiger partial charge in [0.05, 0.1) is 6.04 Å². The predicted molar refractivity (Wildman–Crippen MR) is 68.6 cm³/mol. The number of nitrogens with two attached hydrogens (primary N) is 1. The highest BCUT2D eigenvalue weighted by Crippen LogP contribution is 2.32. The zero-order valence-electron chi connectivity index (χ0n) is 11.0. The molecule has 0 heterocycles. The number of carbonyl (C=O) groups excluding carboxylic acids is 1. The van der Waals surface area contributed by atoms with Crippen LogP contribution >= 0.6 is 0 Å². The first-order valence-corrected chi connectivity index (χ1v) is 6.87. The third-order valence-electron chi connectivity index (χ3n) is 4.12. The standard InChI is InChI=1S/C13H25N3O/c1-9(14)13(17)15-11-5-3-4-6-12(11)16(2)10-7-8-10/h9-12H,3-8,14H2,1-2H3,(H,15,17)/t9-,11+,12+/m0/s1. The van der Waals surface area contributed by atoms with Gasteiger partial charge in [-0.15, -0.1) is 0 Å². The lowest BCUT2D eigenvalue weighted by Gasteiger charge is -2.38. The average Bonchev–Trinajstić information content (AvgIpc) is 3.12. The molecule has 0 spiro atoms. The van der Waals surface area contributed by atoms with Gasteiger partial charge in [-0.05, 0) is 39.7 Å². The molecular weight excluding hydrogens is 214 g/mol. The Balaban J connectivity index is 1.93. The van der Waals surface area contributed by atoms with E-state index in [1.165, 1.54) is 32.1 Å². The molecule has 0 aliphatic heterocycles. The van der Waals surface area contributed by atoms with Gasteiger partial charge in [0.15, 0.2) is 0 Å². The summed E-state index contributed by atoms with van der Waals surface area (Å²) < 4.78 is 0. The fourth-order valence-corrected chi connectivity index (χ4v) is 2.83. The molecule has 4 nitrogen and oxygen atoms in total. The first kappa shape index (κ1) is 12.8. The van der Waals surface area contributed by atoms with E-state index in [0.717, 1.165) is 12.5 Å². The van der Waals surface area contributed by atoms with Crippen LogP contribution in [-0.4, -0.2) is 42.0 Å². The van der Waals surface area contributed by atoms with Gasteiger partial charge in [-0.25, -0.2) is 0 Å². The monoisotopic (exact) mass is 239 g/mol. The Morgan fingerprint density at radius 2 is 1.94 bits per heavy atom. The van der Waals surface area contributed by atoms with Gasteiger partial charge in [-0.2, -0.15) is 0 Å². The summed E-state index contributed by atoms with van der Waals surface area (Å²) in [5.74, 6) is -0.00824. The van der Waals surface area contributed by atoms with Crippen LogP contribution in [-0.2, 0) is 4.79 Å². The third-order valence-corrected chi connectivity index (χ3v) is 4.12. The Kier molecular flexibility index (Phi) is 4.05. The van der Waals surface area contributed by atoms with E-state index >= 15 is 0 Å². The molecule has 4 heteroatoms. The normalized spacial score (nSPS) is 31.3. The Morgan fingerprint density at radius 1 is 1.29 bits per heavy atom. The molecule has 98 valence electrons. The van der Waals surface area contributed by atoms with Crippen LogP contribution in [0.5, 0.6) is 0 Å². The maximum absolute atomic E-state index is 11.7. The van der Waals surface area contributed by atoms with Crippen LogP contribution < -0.4 is 11.1 Å². The van der Waals surface area contributed by atoms with Gasteiger partial charge in [0.25, 0.3) is 0 Å². The van der Waals surface area contributed by atoms with Crippen molar-refractivity contribution in [1.82, 2.24) is 10.2 Å². The Bertz CT molecular complexity index is 276. The molecule has 2 aliphatic rings. The smallest absolute Gasteiger partial charge is 0.236 e. The number of hydrogen-bond donors (Lipinski definition) is 2. The molecule has 0 radical (unpaired) electrons. The summed E-state index contributed by atoms with van der Waals surface area (Å²) >= 11 is 0. The number of rotatable bonds is 4. The van der Waals surface area contributed by atoms with E-state index in [1.54, 1.807) is 6.92 Å². The molecule has 0 unspecified atom stereocenters. The van der Waals surface area contributed by atoms with Crippen LogP contribution in [0.15, 0.2) is 0 Å². The van der Waals surface area contributed by atoms with Gasteiger partial charge in [0.1, 0.15) is 0 Å². The molecule has 17 heavy (non-hydrogen) atoms. The Hall–Kier alpha value is -0.610. The minimum atomic E-state index is -0.399. The molecule has 2 fully saturated rings. The number of likely N-dealkylation sites (N-methyl/N-ethyl adjacent to an activating group) is 1. The zero-order chi connectivity index (χ0) is 12.4. The first-order chi connectivity index (χ1) is 8.09. The SMILES string of the molecule is C[C@H](N)C(=O)N[C@@H]1CCCC[C@H]1N(C)C1CC1. The van der Waals surface area contributed by atoms with Gasteiger partial charge < -0.3 is 11.1 Å². The van der Waals surface area contributed by atoms with Crippen molar-refractivity contribution in [3.63, 3.8) is 0 Å². The first-order valence-electron chi connectivity index (χ1n) is 6.87. The van der Waals surface area contributed by atoms with Crippen LogP contribution in [0, 0.1) is 0 Å². The second-order valence-corrected chi connectivity index (χ2v) is 5.65. The van der Waals surface area contributed by atoms with Crippen molar-refractivity contribution in [3.05, 3.63) is 0 Å². The summed E-state index contributed by atoms with van der Waals surface area (Å²) in [7, 11) is 2.21. The predicted octanol–water partition coefficient (Wildman–Crippen LogP) is 0.855. The topological polar surface area (TPSA) is 58.4 Å². The van der Waals surface area contributed by atoms with E-state index in [-0.39, 0.29) is 5.91 Å². The summed E-state index contributed by atoms with van der Waals surface area (Å²) in [6.45, 7) is 1.75. The van der Waals surface area contributed by atoms with E-state index in [0.29, 0.717) is 12.1 Å². The van der Waals surface area contributed by atoms with Crippen LogP contribution in [0.1, 0.15) is 45.4 Å². The van der Waals surface area contributed by atoms with Crippen LogP contribution in [0.3, 0.4) is 0 Å². The Morgan fingerprint density at radius 3 is 2.53 bits per heavy atom. The lowest BCUT2D eigenvalue weighted by molar-refractivity contribution is -0.123. The van der Waals surface area contributed by atoms with Gasteiger partial charge in [-0.1, -0.05) is 12.8 Å². The van der Waals surface area contributed by atoms with Crippen molar-refractivity contribution in [2.45, 2.75) is 69.6 Å². The molecule has 0 aromatic rings. The van der Waals surface area contributed by atoms with Crippen LogP contribution in [0.4, 0.5) is 0 Å². The minimum absolute atomic E-state index is 0.00824. The summed E-state index contributed by atoms with van der Waals surface area (Å²) in [5.41, 5.74) is 5.62. The average molecular weight is 239 g/mol. The van der Waals surface area contributed by atoms with Crippen molar-refractivity contribution < 1.29 is 4.79 Å². The quantitative estimate of drug-likeness (QED) is 0.765. The highest BCUT2D eigenvalue weighted by Gasteiger charge is 2.36. The molecule has 0 aromatic heterocycles. The third kappa shape index (κ3) is 3.19. The molecule has 3 N–H and O–H groups in total. The van der Waals surface area contributed by atoms with Gasteiger partial charge >= 0.3 is 0 Å². The molecule has 2 saturated carbocycles. The van der Waals surface area contributed by atoms with E-state index in [4.69, 9.17) is 5.73 Å². The minimum Gasteiger partial charge on any atom is -0.350 e. The maximum Gasteiger partial charge on any atom is 0.236 e. The molecule has 0 bridgehead atoms. The number of hydrogen-bond acceptors (Lipinski definition) is 3. The number of carbonyl (C=O) groups is 1. The van der Waals surface area contributed by atoms with E-state index in [1.807, 2.05) is 0 Å². The fraction of sp³-hybridized carbons (Fsp3) is 0.923. The summed E-state index contributed by atoms with van der Waals surface area (Å²) in [5, 5.41) is 3.13. The van der Waals surface area contributed by atoms with Crippen molar-refractivity contribution in [2.75, 3.05) is 7.05 Å². The Labute approximate surface area is 104 Å². The van der Waals surface area contributed by atoms with Crippen LogP contribution in [0.2, 0.25) is 0 Å². The van der Waals surface area contributed by atoms with E-state index < -0.39 is 6.04 Å². The summed E-state index contributed by atoms with van der Waals surface area (Å²) in [6, 6.07) is 1.17. The van der Waals surface area contributed by atoms with Gasteiger partial charge in [-0.3, -0.25) is 9.69 Å². The van der Waals surface area contributed by atoms with Crippen molar-refractivity contribution >= 4 is 5.91 Å². The molecular formula is C13H25N3O. The van der Waals surface area contributed by atoms with Crippen molar-refractivity contribution in [3.8, 4) is 0 Å².